The highest BCUT2D eigenvalue weighted by Gasteiger charge is 2.34. The number of nitrogens with zero attached hydrogens (tertiary/aromatic N) is 1. The zero-order chi connectivity index (χ0) is 12.3. The van der Waals surface area contributed by atoms with Crippen molar-refractivity contribution >= 4 is 9.84 Å². The lowest BCUT2D eigenvalue weighted by Crippen LogP contribution is -2.43. The fraction of sp³-hybridized carbons (Fsp3) is 1.00. The summed E-state index contributed by atoms with van der Waals surface area (Å²) in [6.07, 6.45) is 3.90. The molecular weight excluding hydrogens is 226 g/mol. The lowest BCUT2D eigenvalue weighted by molar-refractivity contribution is 0.0884. The zero-order valence-corrected chi connectivity index (χ0v) is 11.2. The molecule has 0 spiro atoms. The van der Waals surface area contributed by atoms with Crippen molar-refractivity contribution in [3.8, 4) is 0 Å². The van der Waals surface area contributed by atoms with E-state index in [1.807, 2.05) is 13.8 Å². The van der Waals surface area contributed by atoms with Gasteiger partial charge in [-0.05, 0) is 26.2 Å². The van der Waals surface area contributed by atoms with Crippen LogP contribution >= 0.6 is 0 Å². The summed E-state index contributed by atoms with van der Waals surface area (Å²) in [5, 5.41) is 9.66. The first-order chi connectivity index (χ1) is 7.33. The van der Waals surface area contributed by atoms with Crippen molar-refractivity contribution in [3.05, 3.63) is 0 Å². The molecule has 0 bridgehead atoms. The van der Waals surface area contributed by atoms with Crippen molar-refractivity contribution < 1.29 is 13.5 Å². The monoisotopic (exact) mass is 249 g/mol. The summed E-state index contributed by atoms with van der Waals surface area (Å²) in [5.74, 6) is 0.180. The fourth-order valence-corrected chi connectivity index (χ4v) is 3.07. The first-order valence-electron chi connectivity index (χ1n) is 5.95. The molecule has 1 N–H and O–H groups in total. The van der Waals surface area contributed by atoms with Gasteiger partial charge in [-0.15, -0.1) is 0 Å². The topological polar surface area (TPSA) is 57.6 Å². The van der Waals surface area contributed by atoms with Crippen molar-refractivity contribution in [1.82, 2.24) is 4.90 Å². The highest BCUT2D eigenvalue weighted by molar-refractivity contribution is 7.90. The molecule has 0 saturated heterocycles. The van der Waals surface area contributed by atoms with Crippen molar-refractivity contribution in [3.63, 3.8) is 0 Å². The number of aliphatic hydroxyl groups excluding tert-OH is 1. The van der Waals surface area contributed by atoms with Crippen LogP contribution in [0, 0.1) is 0 Å². The van der Waals surface area contributed by atoms with Gasteiger partial charge in [-0.25, -0.2) is 8.42 Å². The first kappa shape index (κ1) is 13.9. The largest absolute Gasteiger partial charge is 0.392 e. The predicted octanol–water partition coefficient (Wildman–Crippen LogP) is 0.655. The molecule has 2 unspecified atom stereocenters. The molecule has 0 radical (unpaired) electrons. The maximum atomic E-state index is 11.3. The average Bonchev–Trinajstić information content (AvgIpc) is 2.93. The molecule has 0 aromatic heterocycles. The van der Waals surface area contributed by atoms with Crippen LogP contribution < -0.4 is 0 Å². The van der Waals surface area contributed by atoms with E-state index in [9.17, 15) is 13.5 Å². The number of sulfone groups is 1. The maximum absolute atomic E-state index is 11.3. The molecule has 1 saturated carbocycles. The van der Waals surface area contributed by atoms with Crippen LogP contribution in [0.2, 0.25) is 0 Å². The SMILES string of the molecule is CCC(O)CN(C(C)CS(C)(=O)=O)C1CC1. The van der Waals surface area contributed by atoms with Gasteiger partial charge in [-0.3, -0.25) is 4.90 Å². The van der Waals surface area contributed by atoms with Crippen molar-refractivity contribution in [2.24, 2.45) is 0 Å². The average molecular weight is 249 g/mol. The second-order valence-corrected chi connectivity index (χ2v) is 7.12. The van der Waals surface area contributed by atoms with Crippen molar-refractivity contribution in [2.45, 2.75) is 51.3 Å². The van der Waals surface area contributed by atoms with E-state index in [1.54, 1.807) is 0 Å². The van der Waals surface area contributed by atoms with E-state index in [0.29, 0.717) is 12.6 Å². The van der Waals surface area contributed by atoms with Crippen LogP contribution in [0.1, 0.15) is 33.1 Å². The Morgan fingerprint density at radius 2 is 2.00 bits per heavy atom. The Morgan fingerprint density at radius 1 is 1.44 bits per heavy atom. The molecule has 0 heterocycles. The minimum Gasteiger partial charge on any atom is -0.392 e. The summed E-state index contributed by atoms with van der Waals surface area (Å²) in [4.78, 5) is 2.15. The molecule has 4 nitrogen and oxygen atoms in total. The zero-order valence-electron chi connectivity index (χ0n) is 10.4. The van der Waals surface area contributed by atoms with Crippen LogP contribution in [-0.4, -0.2) is 55.2 Å². The lowest BCUT2D eigenvalue weighted by atomic mass is 10.2. The summed E-state index contributed by atoms with van der Waals surface area (Å²) in [5.41, 5.74) is 0. The van der Waals surface area contributed by atoms with Crippen LogP contribution in [0.15, 0.2) is 0 Å². The summed E-state index contributed by atoms with van der Waals surface area (Å²) < 4.78 is 22.5. The molecule has 0 aromatic carbocycles. The molecule has 16 heavy (non-hydrogen) atoms. The van der Waals surface area contributed by atoms with Gasteiger partial charge < -0.3 is 5.11 Å². The van der Waals surface area contributed by atoms with Gasteiger partial charge in [0, 0.05) is 24.9 Å². The van der Waals surface area contributed by atoms with Gasteiger partial charge in [0.25, 0.3) is 0 Å². The molecule has 1 rings (SSSR count). The van der Waals surface area contributed by atoms with Gasteiger partial charge in [0.15, 0.2) is 0 Å². The van der Waals surface area contributed by atoms with E-state index in [0.717, 1.165) is 19.3 Å². The molecule has 5 heteroatoms. The molecule has 96 valence electrons. The van der Waals surface area contributed by atoms with Crippen LogP contribution in [0.3, 0.4) is 0 Å². The second kappa shape index (κ2) is 5.47. The van der Waals surface area contributed by atoms with Gasteiger partial charge in [-0.1, -0.05) is 6.92 Å². The van der Waals surface area contributed by atoms with Crippen LogP contribution in [-0.2, 0) is 9.84 Å². The standard InChI is InChI=1S/C11H23NO3S/c1-4-11(13)7-12(10-5-6-10)9(2)8-16(3,14)15/h9-11,13H,4-8H2,1-3H3. The normalized spacial score (nSPS) is 21.1. The molecule has 2 atom stereocenters. The molecular formula is C11H23NO3S. The summed E-state index contributed by atoms with van der Waals surface area (Å²) in [6, 6.07) is 0.488. The van der Waals surface area contributed by atoms with Crippen molar-refractivity contribution in [1.29, 1.82) is 0 Å². The molecule has 0 aromatic rings. The second-order valence-electron chi connectivity index (χ2n) is 4.93. The maximum Gasteiger partial charge on any atom is 0.148 e. The third-order valence-electron chi connectivity index (χ3n) is 3.02. The Morgan fingerprint density at radius 3 is 2.38 bits per heavy atom. The molecule has 1 aliphatic rings. The smallest absolute Gasteiger partial charge is 0.148 e. The first-order valence-corrected chi connectivity index (χ1v) is 8.01. The van der Waals surface area contributed by atoms with Crippen LogP contribution in [0.5, 0.6) is 0 Å². The lowest BCUT2D eigenvalue weighted by Gasteiger charge is -2.30. The number of hydrogen-bond acceptors (Lipinski definition) is 4. The van der Waals surface area contributed by atoms with E-state index in [1.165, 1.54) is 6.26 Å². The van der Waals surface area contributed by atoms with E-state index >= 15 is 0 Å². The van der Waals surface area contributed by atoms with Crippen molar-refractivity contribution in [2.75, 3.05) is 18.6 Å². The van der Waals surface area contributed by atoms with Gasteiger partial charge in [0.05, 0.1) is 11.9 Å². The van der Waals surface area contributed by atoms with Gasteiger partial charge in [0.2, 0.25) is 0 Å². The van der Waals surface area contributed by atoms with Gasteiger partial charge in [-0.2, -0.15) is 0 Å². The Labute approximate surface area is 98.6 Å². The third-order valence-corrected chi connectivity index (χ3v) is 4.11. The number of aliphatic hydroxyl groups is 1. The molecule has 1 aliphatic carbocycles. The molecule has 1 fully saturated rings. The number of hydrogen-bond donors (Lipinski definition) is 1. The summed E-state index contributed by atoms with van der Waals surface area (Å²) >= 11 is 0. The Hall–Kier alpha value is -0.130. The van der Waals surface area contributed by atoms with E-state index < -0.39 is 9.84 Å². The highest BCUT2D eigenvalue weighted by atomic mass is 32.2. The minimum atomic E-state index is -2.94. The minimum absolute atomic E-state index is 0.00343. The predicted molar refractivity (Wildman–Crippen MR) is 65.2 cm³/mol. The quantitative estimate of drug-likeness (QED) is 0.720. The molecule has 0 aliphatic heterocycles. The van der Waals surface area contributed by atoms with E-state index in [-0.39, 0.29) is 17.9 Å². The van der Waals surface area contributed by atoms with E-state index in [4.69, 9.17) is 0 Å². The van der Waals surface area contributed by atoms with Crippen LogP contribution in [0.4, 0.5) is 0 Å². The Bertz CT molecular complexity index is 311. The summed E-state index contributed by atoms with van der Waals surface area (Å²) in [6.45, 7) is 4.47. The third kappa shape index (κ3) is 4.80. The van der Waals surface area contributed by atoms with Gasteiger partial charge >= 0.3 is 0 Å². The van der Waals surface area contributed by atoms with E-state index in [2.05, 4.69) is 4.90 Å². The number of rotatable bonds is 7. The Balaban J connectivity index is 2.55. The Kier molecular flexibility index (Phi) is 4.76. The molecule has 0 amide bonds. The van der Waals surface area contributed by atoms with Crippen LogP contribution in [0.25, 0.3) is 0 Å². The van der Waals surface area contributed by atoms with Gasteiger partial charge in [0.1, 0.15) is 9.84 Å². The fourth-order valence-electron chi connectivity index (χ4n) is 2.00. The summed E-state index contributed by atoms with van der Waals surface area (Å²) in [7, 11) is -2.94. The highest BCUT2D eigenvalue weighted by Crippen LogP contribution is 2.29.